The van der Waals surface area contributed by atoms with Gasteiger partial charge in [0.25, 0.3) is 0 Å². The maximum Gasteiger partial charge on any atom is 0.387 e. The Bertz CT molecular complexity index is 920. The Labute approximate surface area is 165 Å². The van der Waals surface area contributed by atoms with Crippen molar-refractivity contribution < 1.29 is 32.6 Å². The molecule has 2 aliphatic rings. The molecule has 0 saturated carbocycles. The summed E-state index contributed by atoms with van der Waals surface area (Å²) in [7, 11) is 0. The summed E-state index contributed by atoms with van der Waals surface area (Å²) < 4.78 is 39.4. The van der Waals surface area contributed by atoms with E-state index in [1.807, 2.05) is 0 Å². The minimum absolute atomic E-state index is 0.0357. The second kappa shape index (κ2) is 7.94. The van der Waals surface area contributed by atoms with Gasteiger partial charge in [0.2, 0.25) is 18.6 Å². The highest BCUT2D eigenvalue weighted by molar-refractivity contribution is 5.99. The number of hydrogen-bond donors (Lipinski definition) is 1. The van der Waals surface area contributed by atoms with Gasteiger partial charge in [-0.25, -0.2) is 0 Å². The van der Waals surface area contributed by atoms with Crippen LogP contribution in [0.25, 0.3) is 0 Å². The summed E-state index contributed by atoms with van der Waals surface area (Å²) in [6, 6.07) is 10.5. The van der Waals surface area contributed by atoms with Crippen LogP contribution in [0.1, 0.15) is 18.4 Å². The normalized spacial score (nSPS) is 17.7. The van der Waals surface area contributed by atoms with E-state index in [1.54, 1.807) is 30.3 Å². The van der Waals surface area contributed by atoms with Gasteiger partial charge in [-0.2, -0.15) is 8.78 Å². The van der Waals surface area contributed by atoms with Crippen LogP contribution in [0.5, 0.6) is 17.2 Å². The molecule has 0 aliphatic carbocycles. The van der Waals surface area contributed by atoms with Gasteiger partial charge < -0.3 is 24.4 Å². The Kier molecular flexibility index (Phi) is 5.20. The number of amides is 2. The van der Waals surface area contributed by atoms with E-state index < -0.39 is 12.7 Å². The van der Waals surface area contributed by atoms with Crippen LogP contribution in [0.2, 0.25) is 0 Å². The number of nitrogens with one attached hydrogen (secondary N) is 1. The van der Waals surface area contributed by atoms with Gasteiger partial charge in [-0.1, -0.05) is 12.1 Å². The van der Waals surface area contributed by atoms with Gasteiger partial charge >= 0.3 is 6.61 Å². The Balaban J connectivity index is 1.42. The van der Waals surface area contributed by atoms with Crippen molar-refractivity contribution in [2.45, 2.75) is 32.0 Å². The molecule has 0 bridgehead atoms. The second-order valence-electron chi connectivity index (χ2n) is 6.66. The largest absolute Gasteiger partial charge is 0.454 e. The van der Waals surface area contributed by atoms with Crippen molar-refractivity contribution in [3.63, 3.8) is 0 Å². The van der Waals surface area contributed by atoms with Crippen LogP contribution >= 0.6 is 0 Å². The number of fused-ring (bicyclic) bond motifs is 1. The van der Waals surface area contributed by atoms with E-state index in [4.69, 9.17) is 9.47 Å². The molecule has 2 aliphatic heterocycles. The number of ether oxygens (including phenoxy) is 3. The number of carbonyl (C=O) groups is 2. The molecule has 0 radical (unpaired) electrons. The molecule has 1 N–H and O–H groups in total. The van der Waals surface area contributed by atoms with Crippen LogP contribution in [0.15, 0.2) is 42.5 Å². The number of carbonyl (C=O) groups excluding carboxylic acids is 2. The minimum atomic E-state index is -2.90. The predicted octanol–water partition coefficient (Wildman–Crippen LogP) is 3.15. The Morgan fingerprint density at radius 3 is 2.69 bits per heavy atom. The first-order valence-corrected chi connectivity index (χ1v) is 9.03. The lowest BCUT2D eigenvalue weighted by Gasteiger charge is -2.24. The molecule has 2 aromatic rings. The zero-order valence-corrected chi connectivity index (χ0v) is 15.3. The standard InChI is InChI=1S/C20H18F2N2O5/c21-20(22)29-14-4-1-12(2-5-14)10-24-15(6-8-18(24)25)19(26)23-13-3-7-16-17(9-13)28-11-27-16/h1-5,7,9,15,20H,6,8,10-11H2,(H,23,26). The van der Waals surface area contributed by atoms with E-state index >= 15 is 0 Å². The summed E-state index contributed by atoms with van der Waals surface area (Å²) >= 11 is 0. The average Bonchev–Trinajstić information content (AvgIpc) is 3.29. The molecule has 2 heterocycles. The number of rotatable bonds is 6. The van der Waals surface area contributed by atoms with E-state index in [1.165, 1.54) is 17.0 Å². The number of anilines is 1. The van der Waals surface area contributed by atoms with Gasteiger partial charge in [-0.3, -0.25) is 9.59 Å². The van der Waals surface area contributed by atoms with Crippen LogP contribution in [0.4, 0.5) is 14.5 Å². The summed E-state index contributed by atoms with van der Waals surface area (Å²) in [5.74, 6) is 0.762. The number of benzene rings is 2. The molecule has 0 spiro atoms. The molecule has 9 heteroatoms. The molecule has 7 nitrogen and oxygen atoms in total. The lowest BCUT2D eigenvalue weighted by atomic mass is 10.1. The Hall–Kier alpha value is -3.36. The van der Waals surface area contributed by atoms with Gasteiger partial charge in [0.05, 0.1) is 0 Å². The van der Waals surface area contributed by atoms with Gasteiger partial charge in [0, 0.05) is 24.7 Å². The lowest BCUT2D eigenvalue weighted by Crippen LogP contribution is -2.41. The maximum atomic E-state index is 12.8. The Morgan fingerprint density at radius 2 is 1.93 bits per heavy atom. The Morgan fingerprint density at radius 1 is 1.17 bits per heavy atom. The van der Waals surface area contributed by atoms with Gasteiger partial charge in [-0.15, -0.1) is 0 Å². The topological polar surface area (TPSA) is 77.1 Å². The first-order chi connectivity index (χ1) is 14.0. The molecule has 1 atom stereocenters. The van der Waals surface area contributed by atoms with Crippen molar-refractivity contribution in [2.24, 2.45) is 0 Å². The highest BCUT2D eigenvalue weighted by atomic mass is 19.3. The first-order valence-electron chi connectivity index (χ1n) is 9.03. The average molecular weight is 404 g/mol. The lowest BCUT2D eigenvalue weighted by molar-refractivity contribution is -0.133. The van der Waals surface area contributed by atoms with E-state index in [0.717, 1.165) is 0 Å². The van der Waals surface area contributed by atoms with E-state index in [0.29, 0.717) is 29.2 Å². The van der Waals surface area contributed by atoms with Crippen LogP contribution in [-0.2, 0) is 16.1 Å². The van der Waals surface area contributed by atoms with E-state index in [2.05, 4.69) is 10.1 Å². The summed E-state index contributed by atoms with van der Waals surface area (Å²) in [4.78, 5) is 26.5. The smallest absolute Gasteiger partial charge is 0.387 e. The van der Waals surface area contributed by atoms with Crippen molar-refractivity contribution in [2.75, 3.05) is 12.1 Å². The second-order valence-corrected chi connectivity index (χ2v) is 6.66. The number of halogens is 2. The maximum absolute atomic E-state index is 12.8. The summed E-state index contributed by atoms with van der Waals surface area (Å²) in [6.07, 6.45) is 0.674. The summed E-state index contributed by atoms with van der Waals surface area (Å²) in [6.45, 7) is -2.56. The van der Waals surface area contributed by atoms with Crippen LogP contribution in [0, 0.1) is 0 Å². The molecule has 29 heavy (non-hydrogen) atoms. The van der Waals surface area contributed by atoms with Crippen LogP contribution < -0.4 is 19.5 Å². The number of alkyl halides is 2. The molecular weight excluding hydrogens is 386 g/mol. The molecule has 1 fully saturated rings. The number of likely N-dealkylation sites (tertiary alicyclic amines) is 1. The highest BCUT2D eigenvalue weighted by Crippen LogP contribution is 2.34. The minimum Gasteiger partial charge on any atom is -0.454 e. The van der Waals surface area contributed by atoms with Gasteiger partial charge in [0.15, 0.2) is 11.5 Å². The number of nitrogens with zero attached hydrogens (tertiary/aromatic N) is 1. The van der Waals surface area contributed by atoms with E-state index in [-0.39, 0.29) is 37.3 Å². The van der Waals surface area contributed by atoms with E-state index in [9.17, 15) is 18.4 Å². The van der Waals surface area contributed by atoms with Crippen molar-refractivity contribution in [1.29, 1.82) is 0 Å². The van der Waals surface area contributed by atoms with Crippen molar-refractivity contribution >= 4 is 17.5 Å². The fraction of sp³-hybridized carbons (Fsp3) is 0.300. The molecule has 4 rings (SSSR count). The van der Waals surface area contributed by atoms with Crippen LogP contribution in [-0.4, -0.2) is 36.2 Å². The third-order valence-electron chi connectivity index (χ3n) is 4.77. The third-order valence-corrected chi connectivity index (χ3v) is 4.77. The summed E-state index contributed by atoms with van der Waals surface area (Å²) in [5, 5.41) is 2.81. The monoisotopic (exact) mass is 404 g/mol. The quantitative estimate of drug-likeness (QED) is 0.801. The van der Waals surface area contributed by atoms with Crippen molar-refractivity contribution in [3.05, 3.63) is 48.0 Å². The zero-order chi connectivity index (χ0) is 20.4. The third kappa shape index (κ3) is 4.23. The van der Waals surface area contributed by atoms with Gasteiger partial charge in [-0.05, 0) is 36.2 Å². The zero-order valence-electron chi connectivity index (χ0n) is 15.3. The van der Waals surface area contributed by atoms with Crippen molar-refractivity contribution in [3.8, 4) is 17.2 Å². The molecule has 2 amide bonds. The first kappa shape index (κ1) is 19.0. The fourth-order valence-electron chi connectivity index (χ4n) is 3.38. The van der Waals surface area contributed by atoms with Gasteiger partial charge in [0.1, 0.15) is 11.8 Å². The molecule has 152 valence electrons. The molecule has 1 unspecified atom stereocenters. The fourth-order valence-corrected chi connectivity index (χ4v) is 3.38. The molecule has 1 saturated heterocycles. The molecule has 2 aromatic carbocycles. The molecule has 0 aromatic heterocycles. The predicted molar refractivity (Wildman–Crippen MR) is 97.8 cm³/mol. The van der Waals surface area contributed by atoms with Crippen LogP contribution in [0.3, 0.4) is 0 Å². The summed E-state index contributed by atoms with van der Waals surface area (Å²) in [5.41, 5.74) is 1.26. The number of hydrogen-bond acceptors (Lipinski definition) is 5. The highest BCUT2D eigenvalue weighted by Gasteiger charge is 2.36. The van der Waals surface area contributed by atoms with Crippen molar-refractivity contribution in [1.82, 2.24) is 4.90 Å². The molecular formula is C20H18F2N2O5. The SMILES string of the molecule is O=C(Nc1ccc2c(c1)OCO2)C1CCC(=O)N1Cc1ccc(OC(F)F)cc1.